The predicted octanol–water partition coefficient (Wildman–Crippen LogP) is 12.5. The molecule has 0 amide bonds. The van der Waals surface area contributed by atoms with Crippen molar-refractivity contribution in [2.75, 3.05) is 0 Å². The third kappa shape index (κ3) is 6.06. The van der Waals surface area contributed by atoms with Gasteiger partial charge in [0.2, 0.25) is 0 Å². The first-order valence-corrected chi connectivity index (χ1v) is 16.6. The van der Waals surface area contributed by atoms with Gasteiger partial charge in [0.25, 0.3) is 0 Å². The first-order valence-electron chi connectivity index (χ1n) is 13.3. The highest BCUT2D eigenvalue weighted by Crippen LogP contribution is 2.45. The molecule has 0 unspecified atom stereocenters. The monoisotopic (exact) mass is 590 g/mol. The highest BCUT2D eigenvalue weighted by atomic mass is 32.1. The van der Waals surface area contributed by atoms with Gasteiger partial charge < -0.3 is 0 Å². The Balaban J connectivity index is 1.19. The Morgan fingerprint density at radius 2 is 0.775 bits per heavy atom. The summed E-state index contributed by atoms with van der Waals surface area (Å²) in [5.41, 5.74) is 7.74. The summed E-state index contributed by atoms with van der Waals surface area (Å²) in [4.78, 5) is 10.7. The molecule has 0 bridgehead atoms. The topological polar surface area (TPSA) is 0 Å². The Bertz CT molecular complexity index is 1680. The molecule has 0 nitrogen and oxygen atoms in total. The fraction of sp³-hybridized carbons (Fsp3) is 0.111. The molecule has 6 rings (SSSR count). The Kier molecular flexibility index (Phi) is 7.86. The van der Waals surface area contributed by atoms with Crippen LogP contribution in [0.25, 0.3) is 53.6 Å². The van der Waals surface area contributed by atoms with E-state index in [1.165, 1.54) is 72.4 Å². The molecule has 0 fully saturated rings. The lowest BCUT2D eigenvalue weighted by atomic mass is 10.1. The van der Waals surface area contributed by atoms with Gasteiger partial charge in [-0.2, -0.15) is 0 Å². The normalized spacial score (nSPS) is 11.8. The van der Waals surface area contributed by atoms with Crippen LogP contribution in [0.15, 0.2) is 84.9 Å². The molecule has 4 aromatic heterocycles. The molecule has 0 aliphatic heterocycles. The van der Waals surface area contributed by atoms with Gasteiger partial charge in [0.05, 0.1) is 0 Å². The third-order valence-corrected chi connectivity index (χ3v) is 11.9. The van der Waals surface area contributed by atoms with E-state index in [1.807, 2.05) is 45.3 Å². The van der Waals surface area contributed by atoms with E-state index in [2.05, 4.69) is 137 Å². The fourth-order valence-electron chi connectivity index (χ4n) is 4.56. The van der Waals surface area contributed by atoms with Crippen molar-refractivity contribution in [1.82, 2.24) is 0 Å². The summed E-state index contributed by atoms with van der Waals surface area (Å²) in [5, 5.41) is 0. The van der Waals surface area contributed by atoms with Gasteiger partial charge >= 0.3 is 0 Å². The summed E-state index contributed by atoms with van der Waals surface area (Å²) < 4.78 is 0. The molecule has 0 aliphatic carbocycles. The van der Waals surface area contributed by atoms with Gasteiger partial charge in [0.1, 0.15) is 0 Å². The van der Waals surface area contributed by atoms with Crippen LogP contribution < -0.4 is 0 Å². The lowest BCUT2D eigenvalue weighted by molar-refractivity contribution is 1.46. The van der Waals surface area contributed by atoms with Crippen molar-refractivity contribution in [1.29, 1.82) is 0 Å². The molecule has 4 heterocycles. The summed E-state index contributed by atoms with van der Waals surface area (Å²) in [6, 6.07) is 31.1. The number of hydrogen-bond donors (Lipinski definition) is 0. The van der Waals surface area contributed by atoms with Crippen LogP contribution in [0.4, 0.5) is 0 Å². The molecule has 0 aliphatic rings. The van der Waals surface area contributed by atoms with E-state index in [9.17, 15) is 0 Å². The van der Waals surface area contributed by atoms with Crippen LogP contribution in [0.2, 0.25) is 0 Å². The minimum atomic E-state index is 1.24. The van der Waals surface area contributed by atoms with Crippen LogP contribution in [0.3, 0.4) is 0 Å². The zero-order valence-electron chi connectivity index (χ0n) is 23.0. The van der Waals surface area contributed by atoms with Crippen molar-refractivity contribution < 1.29 is 0 Å². The second-order valence-electron chi connectivity index (χ2n) is 10.1. The van der Waals surface area contributed by atoms with Crippen molar-refractivity contribution in [3.05, 3.63) is 128 Å². The van der Waals surface area contributed by atoms with Gasteiger partial charge in [-0.3, -0.25) is 0 Å². The SMILES string of the molecule is Cc1ccc(C=Cc2cc(C)c(-c3ccc(-c4ccc(-c5sc(C=Cc6ccc(C)cc6)cc5C)s4)s3)s2)cc1. The van der Waals surface area contributed by atoms with E-state index < -0.39 is 0 Å². The maximum Gasteiger partial charge on any atom is 0.0478 e. The van der Waals surface area contributed by atoms with Crippen molar-refractivity contribution in [3.63, 3.8) is 0 Å². The Morgan fingerprint density at radius 3 is 1.18 bits per heavy atom. The average molecular weight is 591 g/mol. The summed E-state index contributed by atoms with van der Waals surface area (Å²) in [6.45, 7) is 8.70. The van der Waals surface area contributed by atoms with Crippen LogP contribution in [0.5, 0.6) is 0 Å². The number of hydrogen-bond acceptors (Lipinski definition) is 4. The quantitative estimate of drug-likeness (QED) is 0.173. The molecular formula is C36H30S4. The molecule has 0 radical (unpaired) electrons. The highest BCUT2D eigenvalue weighted by molar-refractivity contribution is 7.28. The summed E-state index contributed by atoms with van der Waals surface area (Å²) in [5.74, 6) is 0. The standard InChI is InChI=1S/C36H30S4/c1-23-5-9-27(10-6-23)13-15-29-21-25(3)35(37-29)33-19-17-31(39-33)32-18-20-34(40-32)36-26(4)22-30(38-36)16-14-28-11-7-24(2)8-12-28/h5-22H,1-4H3. The highest BCUT2D eigenvalue weighted by Gasteiger charge is 2.14. The third-order valence-electron chi connectivity index (χ3n) is 6.81. The maximum absolute atomic E-state index is 2.30. The number of thiophene rings is 4. The van der Waals surface area contributed by atoms with Gasteiger partial charge in [-0.1, -0.05) is 71.8 Å². The molecule has 2 aromatic carbocycles. The molecule has 0 saturated heterocycles. The lowest BCUT2D eigenvalue weighted by Crippen LogP contribution is -1.72. The van der Waals surface area contributed by atoms with Gasteiger partial charge in [-0.25, -0.2) is 0 Å². The van der Waals surface area contributed by atoms with Gasteiger partial charge in [0.15, 0.2) is 0 Å². The van der Waals surface area contributed by atoms with E-state index >= 15 is 0 Å². The van der Waals surface area contributed by atoms with Crippen LogP contribution in [0.1, 0.15) is 43.1 Å². The zero-order chi connectivity index (χ0) is 27.6. The van der Waals surface area contributed by atoms with Crippen molar-refractivity contribution >= 4 is 69.7 Å². The molecular weight excluding hydrogens is 561 g/mol. The molecule has 0 saturated carbocycles. The van der Waals surface area contributed by atoms with Gasteiger partial charge in [-0.05, 0) is 98.5 Å². The molecule has 40 heavy (non-hydrogen) atoms. The first kappa shape index (κ1) is 26.9. The van der Waals surface area contributed by atoms with E-state index in [-0.39, 0.29) is 0 Å². The van der Waals surface area contributed by atoms with E-state index in [4.69, 9.17) is 0 Å². The van der Waals surface area contributed by atoms with Crippen molar-refractivity contribution in [2.24, 2.45) is 0 Å². The summed E-state index contributed by atoms with van der Waals surface area (Å²) >= 11 is 7.54. The van der Waals surface area contributed by atoms with Gasteiger partial charge in [0, 0.05) is 39.0 Å². The van der Waals surface area contributed by atoms with Gasteiger partial charge in [-0.15, -0.1) is 45.3 Å². The Hall–Kier alpha value is -3.28. The average Bonchev–Trinajstić information content (AvgIpc) is 3.74. The van der Waals surface area contributed by atoms with Crippen LogP contribution in [-0.2, 0) is 0 Å². The molecule has 0 N–H and O–H groups in total. The molecule has 198 valence electrons. The van der Waals surface area contributed by atoms with E-state index in [1.54, 1.807) is 0 Å². The second-order valence-corrected chi connectivity index (χ2v) is 14.5. The summed E-state index contributed by atoms with van der Waals surface area (Å²) in [7, 11) is 0. The fourth-order valence-corrected chi connectivity index (χ4v) is 9.17. The largest absolute Gasteiger partial charge is 0.135 e. The van der Waals surface area contributed by atoms with Crippen LogP contribution in [-0.4, -0.2) is 0 Å². The second kappa shape index (κ2) is 11.7. The Labute approximate surface area is 253 Å². The molecule has 0 atom stereocenters. The lowest BCUT2D eigenvalue weighted by Gasteiger charge is -1.95. The van der Waals surface area contributed by atoms with Crippen molar-refractivity contribution in [3.8, 4) is 29.3 Å². The van der Waals surface area contributed by atoms with E-state index in [0.717, 1.165) is 0 Å². The molecule has 0 spiro atoms. The number of aryl methyl sites for hydroxylation is 4. The minimum absolute atomic E-state index is 1.24. The zero-order valence-corrected chi connectivity index (χ0v) is 26.3. The maximum atomic E-state index is 2.30. The number of rotatable bonds is 7. The predicted molar refractivity (Wildman–Crippen MR) is 184 cm³/mol. The Morgan fingerprint density at radius 1 is 0.400 bits per heavy atom. The van der Waals surface area contributed by atoms with Crippen LogP contribution >= 0.6 is 45.3 Å². The summed E-state index contributed by atoms with van der Waals surface area (Å²) in [6.07, 6.45) is 8.88. The minimum Gasteiger partial charge on any atom is -0.135 e. The van der Waals surface area contributed by atoms with E-state index in [0.29, 0.717) is 0 Å². The smallest absolute Gasteiger partial charge is 0.0478 e. The van der Waals surface area contributed by atoms with Crippen LogP contribution in [0, 0.1) is 27.7 Å². The first-order chi connectivity index (χ1) is 19.4. The molecule has 4 heteroatoms. The molecule has 6 aromatic rings. The number of benzene rings is 2. The van der Waals surface area contributed by atoms with Crippen molar-refractivity contribution in [2.45, 2.75) is 27.7 Å².